The fraction of sp³-hybridized carbons (Fsp3) is 0.750. The van der Waals surface area contributed by atoms with Crippen molar-refractivity contribution in [1.29, 1.82) is 0 Å². The lowest BCUT2D eigenvalue weighted by molar-refractivity contribution is -0.148. The van der Waals surface area contributed by atoms with Crippen molar-refractivity contribution < 1.29 is 9.59 Å². The summed E-state index contributed by atoms with van der Waals surface area (Å²) >= 11 is 0. The van der Waals surface area contributed by atoms with E-state index in [0.29, 0.717) is 25.3 Å². The minimum absolute atomic E-state index is 0.0639. The van der Waals surface area contributed by atoms with Crippen LogP contribution in [0.5, 0.6) is 0 Å². The van der Waals surface area contributed by atoms with Gasteiger partial charge >= 0.3 is 0 Å². The quantitative estimate of drug-likeness (QED) is 0.370. The van der Waals surface area contributed by atoms with Crippen LogP contribution in [0.1, 0.15) is 19.8 Å². The highest BCUT2D eigenvalue weighted by atomic mass is 16.2. The molecule has 7 heteroatoms. The summed E-state index contributed by atoms with van der Waals surface area (Å²) in [4.78, 5) is 30.9. The van der Waals surface area contributed by atoms with Gasteiger partial charge in [0, 0.05) is 20.1 Å². The number of nitrogens with zero attached hydrogens (tertiary/aromatic N) is 3. The second-order valence-corrected chi connectivity index (χ2v) is 4.99. The number of amides is 2. The Bertz CT molecular complexity index is 378. The van der Waals surface area contributed by atoms with Gasteiger partial charge in [0.15, 0.2) is 0 Å². The smallest absolute Gasteiger partial charge is 0.241 e. The molecule has 0 aliphatic carbocycles. The third-order valence-corrected chi connectivity index (χ3v) is 3.42. The molecule has 108 valence electrons. The molecule has 0 bridgehead atoms. The largest absolute Gasteiger partial charge is 0.388 e. The summed E-state index contributed by atoms with van der Waals surface area (Å²) in [6.45, 7) is 2.83. The Morgan fingerprint density at radius 1 is 1.42 bits per heavy atom. The standard InChI is InChI=1S/C12H23N5O2/c1-8(13)15-6-4-5-9-12(19)17(3)10(11(14)18)7-16(9)2/h9-10H,4-7H2,1-3H3,(H2,13,15)(H2,14,18)/t9-,10+/m0/s1. The molecule has 1 heterocycles. The summed E-state index contributed by atoms with van der Waals surface area (Å²) in [5.74, 6) is 0.0183. The zero-order valence-corrected chi connectivity index (χ0v) is 11.8. The summed E-state index contributed by atoms with van der Waals surface area (Å²) < 4.78 is 0. The number of aliphatic imine (C=N–C) groups is 1. The number of piperazine rings is 1. The van der Waals surface area contributed by atoms with Gasteiger partial charge < -0.3 is 16.4 Å². The molecule has 2 amide bonds. The van der Waals surface area contributed by atoms with Gasteiger partial charge in [0.05, 0.1) is 11.9 Å². The summed E-state index contributed by atoms with van der Waals surface area (Å²) in [7, 11) is 3.46. The van der Waals surface area contributed by atoms with Crippen LogP contribution in [0, 0.1) is 0 Å². The summed E-state index contributed by atoms with van der Waals surface area (Å²) in [6.07, 6.45) is 1.48. The fourth-order valence-corrected chi connectivity index (χ4v) is 2.26. The second kappa shape index (κ2) is 6.51. The molecule has 1 rings (SSSR count). The predicted octanol–water partition coefficient (Wildman–Crippen LogP) is -1.23. The van der Waals surface area contributed by atoms with Gasteiger partial charge in [-0.2, -0.15) is 0 Å². The number of primary amides is 1. The average molecular weight is 269 g/mol. The van der Waals surface area contributed by atoms with E-state index in [1.807, 2.05) is 11.9 Å². The van der Waals surface area contributed by atoms with E-state index < -0.39 is 11.9 Å². The maximum absolute atomic E-state index is 12.2. The Kier molecular flexibility index (Phi) is 5.29. The Labute approximate surface area is 113 Å². The molecule has 0 aromatic heterocycles. The molecule has 7 nitrogen and oxygen atoms in total. The molecule has 1 fully saturated rings. The van der Waals surface area contributed by atoms with Crippen molar-refractivity contribution in [2.24, 2.45) is 16.5 Å². The minimum atomic E-state index is -0.543. The highest BCUT2D eigenvalue weighted by molar-refractivity contribution is 5.90. The molecule has 0 saturated carbocycles. The number of carbonyl (C=O) groups is 2. The van der Waals surface area contributed by atoms with Crippen molar-refractivity contribution in [3.63, 3.8) is 0 Å². The van der Waals surface area contributed by atoms with Crippen LogP contribution in [0.2, 0.25) is 0 Å². The van der Waals surface area contributed by atoms with Crippen molar-refractivity contribution in [3.8, 4) is 0 Å². The zero-order valence-electron chi connectivity index (χ0n) is 11.8. The molecule has 1 aliphatic heterocycles. The van der Waals surface area contributed by atoms with Crippen LogP contribution in [-0.4, -0.2) is 66.7 Å². The third-order valence-electron chi connectivity index (χ3n) is 3.42. The predicted molar refractivity (Wildman–Crippen MR) is 73.6 cm³/mol. The molecule has 0 aromatic rings. The van der Waals surface area contributed by atoms with E-state index in [1.54, 1.807) is 14.0 Å². The number of hydrogen-bond acceptors (Lipinski definition) is 4. The van der Waals surface area contributed by atoms with Crippen LogP contribution >= 0.6 is 0 Å². The molecule has 1 aliphatic rings. The Hall–Kier alpha value is -1.63. The molecule has 1 saturated heterocycles. The highest BCUT2D eigenvalue weighted by Gasteiger charge is 2.38. The van der Waals surface area contributed by atoms with E-state index in [4.69, 9.17) is 11.5 Å². The van der Waals surface area contributed by atoms with E-state index in [2.05, 4.69) is 4.99 Å². The molecule has 0 aromatic carbocycles. The SMILES string of the molecule is CC(N)=NCCC[C@H]1C(=O)N(C)[C@@H](C(N)=O)CN1C. The number of amidine groups is 1. The van der Waals surface area contributed by atoms with Crippen LogP contribution in [0.4, 0.5) is 0 Å². The summed E-state index contributed by atoms with van der Waals surface area (Å²) in [5.41, 5.74) is 10.7. The Balaban J connectivity index is 2.58. The Morgan fingerprint density at radius 2 is 2.05 bits per heavy atom. The molecule has 2 atom stereocenters. The van der Waals surface area contributed by atoms with Gasteiger partial charge in [-0.15, -0.1) is 0 Å². The van der Waals surface area contributed by atoms with E-state index in [0.717, 1.165) is 6.42 Å². The van der Waals surface area contributed by atoms with E-state index >= 15 is 0 Å². The van der Waals surface area contributed by atoms with Gasteiger partial charge in [-0.25, -0.2) is 0 Å². The average Bonchev–Trinajstić information content (AvgIpc) is 2.32. The van der Waals surface area contributed by atoms with Crippen LogP contribution in [0.25, 0.3) is 0 Å². The molecule has 19 heavy (non-hydrogen) atoms. The van der Waals surface area contributed by atoms with Crippen molar-refractivity contribution in [1.82, 2.24) is 9.80 Å². The topological polar surface area (TPSA) is 105 Å². The van der Waals surface area contributed by atoms with Gasteiger partial charge in [0.1, 0.15) is 6.04 Å². The molecule has 0 spiro atoms. The maximum atomic E-state index is 12.2. The van der Waals surface area contributed by atoms with E-state index in [1.165, 1.54) is 4.90 Å². The zero-order chi connectivity index (χ0) is 14.6. The summed E-state index contributed by atoms with van der Waals surface area (Å²) in [5, 5.41) is 0. The van der Waals surface area contributed by atoms with Gasteiger partial charge in [-0.3, -0.25) is 19.5 Å². The molecule has 4 N–H and O–H groups in total. The first-order valence-corrected chi connectivity index (χ1v) is 6.37. The van der Waals surface area contributed by atoms with Crippen LogP contribution in [0.3, 0.4) is 0 Å². The molecular formula is C12H23N5O2. The Morgan fingerprint density at radius 3 is 2.58 bits per heavy atom. The van der Waals surface area contributed by atoms with Crippen molar-refractivity contribution in [3.05, 3.63) is 0 Å². The number of likely N-dealkylation sites (N-methyl/N-ethyl adjacent to an activating group) is 2. The van der Waals surface area contributed by atoms with Crippen LogP contribution in [-0.2, 0) is 9.59 Å². The second-order valence-electron chi connectivity index (χ2n) is 4.99. The van der Waals surface area contributed by atoms with Crippen molar-refractivity contribution in [2.75, 3.05) is 27.2 Å². The normalized spacial score (nSPS) is 25.7. The maximum Gasteiger partial charge on any atom is 0.241 e. The molecule has 0 radical (unpaired) electrons. The lowest BCUT2D eigenvalue weighted by Crippen LogP contribution is -2.62. The lowest BCUT2D eigenvalue weighted by atomic mass is 10.0. The van der Waals surface area contributed by atoms with E-state index in [-0.39, 0.29) is 11.9 Å². The number of carbonyl (C=O) groups excluding carboxylic acids is 2. The van der Waals surface area contributed by atoms with Gasteiger partial charge in [0.25, 0.3) is 0 Å². The highest BCUT2D eigenvalue weighted by Crippen LogP contribution is 2.17. The summed E-state index contributed by atoms with van der Waals surface area (Å²) in [6, 6.07) is -0.757. The van der Waals surface area contributed by atoms with Crippen LogP contribution in [0.15, 0.2) is 4.99 Å². The lowest BCUT2D eigenvalue weighted by Gasteiger charge is -2.41. The third kappa shape index (κ3) is 3.92. The van der Waals surface area contributed by atoms with Crippen LogP contribution < -0.4 is 11.5 Å². The monoisotopic (exact) mass is 269 g/mol. The number of rotatable bonds is 5. The van der Waals surface area contributed by atoms with E-state index in [9.17, 15) is 9.59 Å². The first-order chi connectivity index (χ1) is 8.84. The fourth-order valence-electron chi connectivity index (χ4n) is 2.26. The van der Waals surface area contributed by atoms with Gasteiger partial charge in [-0.1, -0.05) is 0 Å². The first-order valence-electron chi connectivity index (χ1n) is 6.37. The minimum Gasteiger partial charge on any atom is -0.388 e. The first kappa shape index (κ1) is 15.4. The number of nitrogens with two attached hydrogens (primary N) is 2. The number of hydrogen-bond donors (Lipinski definition) is 2. The van der Waals surface area contributed by atoms with Crippen molar-refractivity contribution >= 4 is 17.6 Å². The van der Waals surface area contributed by atoms with Gasteiger partial charge in [0.2, 0.25) is 11.8 Å². The van der Waals surface area contributed by atoms with Gasteiger partial charge in [-0.05, 0) is 26.8 Å². The molecular weight excluding hydrogens is 246 g/mol. The van der Waals surface area contributed by atoms with Crippen molar-refractivity contribution in [2.45, 2.75) is 31.8 Å². The molecule has 0 unspecified atom stereocenters.